The molecule has 0 aromatic heterocycles. The van der Waals surface area contributed by atoms with Gasteiger partial charge in [-0.3, -0.25) is 13.9 Å². The quantitative estimate of drug-likeness (QED) is 0.262. The van der Waals surface area contributed by atoms with Crippen LogP contribution in [0.4, 0.5) is 5.69 Å². The maximum absolute atomic E-state index is 14.1. The number of amides is 2. The SMILES string of the molecule is CCOc1ccc(S(=O)(=O)N(CC(=O)N(Cc2c(Cl)cccc2Cl)[C@H](C)C(=O)NC2CCCC2)c2ccccc2)cc1. The van der Waals surface area contributed by atoms with Crippen molar-refractivity contribution in [2.24, 2.45) is 0 Å². The van der Waals surface area contributed by atoms with Crippen molar-refractivity contribution in [1.82, 2.24) is 10.2 Å². The minimum Gasteiger partial charge on any atom is -0.494 e. The molecule has 1 N–H and O–H groups in total. The van der Waals surface area contributed by atoms with E-state index in [1.165, 1.54) is 17.0 Å². The lowest BCUT2D eigenvalue weighted by Crippen LogP contribution is -2.52. The van der Waals surface area contributed by atoms with E-state index in [-0.39, 0.29) is 23.4 Å². The molecule has 0 aliphatic heterocycles. The second-order valence-corrected chi connectivity index (χ2v) is 12.8. The summed E-state index contributed by atoms with van der Waals surface area (Å²) in [6.45, 7) is 3.27. The highest BCUT2D eigenvalue weighted by Crippen LogP contribution is 2.29. The van der Waals surface area contributed by atoms with Gasteiger partial charge in [0.15, 0.2) is 0 Å². The summed E-state index contributed by atoms with van der Waals surface area (Å²) in [5.74, 6) is -0.374. The average Bonchev–Trinajstić information content (AvgIpc) is 3.49. The van der Waals surface area contributed by atoms with Crippen LogP contribution in [0.25, 0.3) is 0 Å². The molecular formula is C31H35Cl2N3O5S. The average molecular weight is 633 g/mol. The first-order valence-corrected chi connectivity index (χ1v) is 16.1. The van der Waals surface area contributed by atoms with Crippen LogP contribution in [0.5, 0.6) is 5.75 Å². The molecule has 0 unspecified atom stereocenters. The van der Waals surface area contributed by atoms with Gasteiger partial charge in [-0.25, -0.2) is 8.42 Å². The van der Waals surface area contributed by atoms with E-state index < -0.39 is 28.5 Å². The predicted octanol–water partition coefficient (Wildman–Crippen LogP) is 6.06. The van der Waals surface area contributed by atoms with Crippen LogP contribution in [0.15, 0.2) is 77.7 Å². The van der Waals surface area contributed by atoms with Gasteiger partial charge in [0.05, 0.1) is 17.2 Å². The molecule has 1 saturated carbocycles. The molecule has 11 heteroatoms. The summed E-state index contributed by atoms with van der Waals surface area (Å²) in [7, 11) is -4.19. The Balaban J connectivity index is 1.69. The molecule has 0 spiro atoms. The van der Waals surface area contributed by atoms with E-state index in [1.807, 2.05) is 6.92 Å². The van der Waals surface area contributed by atoms with Gasteiger partial charge in [-0.15, -0.1) is 0 Å². The first-order chi connectivity index (χ1) is 20.1. The highest BCUT2D eigenvalue weighted by molar-refractivity contribution is 7.92. The topological polar surface area (TPSA) is 96.0 Å². The van der Waals surface area contributed by atoms with Gasteiger partial charge in [0.1, 0.15) is 18.3 Å². The highest BCUT2D eigenvalue weighted by Gasteiger charge is 2.34. The van der Waals surface area contributed by atoms with Gasteiger partial charge in [0, 0.05) is 28.2 Å². The third-order valence-electron chi connectivity index (χ3n) is 7.30. The van der Waals surface area contributed by atoms with Gasteiger partial charge in [-0.05, 0) is 75.2 Å². The Bertz CT molecular complexity index is 1460. The van der Waals surface area contributed by atoms with E-state index in [4.69, 9.17) is 27.9 Å². The first kappa shape index (κ1) is 31.7. The van der Waals surface area contributed by atoms with Crippen LogP contribution in [-0.2, 0) is 26.2 Å². The maximum atomic E-state index is 14.1. The number of hydrogen-bond acceptors (Lipinski definition) is 5. The fourth-order valence-corrected chi connectivity index (χ4v) is 6.88. The summed E-state index contributed by atoms with van der Waals surface area (Å²) in [5.41, 5.74) is 0.772. The van der Waals surface area contributed by atoms with Crippen LogP contribution >= 0.6 is 23.2 Å². The lowest BCUT2D eigenvalue weighted by atomic mass is 10.1. The minimum atomic E-state index is -4.19. The number of carbonyl (C=O) groups is 2. The molecule has 0 heterocycles. The van der Waals surface area contributed by atoms with Gasteiger partial charge in [0.25, 0.3) is 10.0 Å². The van der Waals surface area contributed by atoms with Crippen molar-refractivity contribution in [2.45, 2.75) is 63.1 Å². The van der Waals surface area contributed by atoms with Crippen LogP contribution < -0.4 is 14.4 Å². The predicted molar refractivity (Wildman–Crippen MR) is 165 cm³/mol. The number of nitrogens with one attached hydrogen (secondary N) is 1. The summed E-state index contributed by atoms with van der Waals surface area (Å²) < 4.78 is 34.4. The van der Waals surface area contributed by atoms with E-state index >= 15 is 0 Å². The smallest absolute Gasteiger partial charge is 0.264 e. The molecule has 0 bridgehead atoms. The second kappa shape index (κ2) is 14.3. The Morgan fingerprint density at radius 2 is 1.57 bits per heavy atom. The van der Waals surface area contributed by atoms with Crippen LogP contribution in [0.1, 0.15) is 45.1 Å². The number of rotatable bonds is 12. The van der Waals surface area contributed by atoms with Gasteiger partial charge < -0.3 is 15.0 Å². The molecule has 2 amide bonds. The fourth-order valence-electron chi connectivity index (χ4n) is 4.95. The summed E-state index contributed by atoms with van der Waals surface area (Å²) >= 11 is 12.9. The van der Waals surface area contributed by atoms with Crippen LogP contribution in [0, 0.1) is 0 Å². The molecule has 8 nitrogen and oxygen atoms in total. The van der Waals surface area contributed by atoms with Crippen LogP contribution in [-0.4, -0.2) is 50.4 Å². The monoisotopic (exact) mass is 631 g/mol. The molecular weight excluding hydrogens is 597 g/mol. The third-order valence-corrected chi connectivity index (χ3v) is 9.80. The third kappa shape index (κ3) is 7.56. The second-order valence-electron chi connectivity index (χ2n) is 10.1. The summed E-state index contributed by atoms with van der Waals surface area (Å²) in [6.07, 6.45) is 3.83. The van der Waals surface area contributed by atoms with E-state index in [1.54, 1.807) is 67.6 Å². The summed E-state index contributed by atoms with van der Waals surface area (Å²) in [6, 6.07) is 18.5. The standard InChI is InChI=1S/C31H35Cl2N3O5S/c1-3-41-25-16-18-26(19-17-25)42(39,40)36(24-12-5-4-6-13-24)21-30(37)35(20-27-28(32)14-9-15-29(27)33)22(2)31(38)34-23-10-7-8-11-23/h4-6,9,12-19,22-23H,3,7-8,10-11,20-21H2,1-2H3,(H,34,38)/t22-/m1/s1. The zero-order valence-corrected chi connectivity index (χ0v) is 26.0. The van der Waals surface area contributed by atoms with Crippen molar-refractivity contribution < 1.29 is 22.7 Å². The van der Waals surface area contributed by atoms with Crippen molar-refractivity contribution in [1.29, 1.82) is 0 Å². The fraction of sp³-hybridized carbons (Fsp3) is 0.355. The molecule has 0 saturated heterocycles. The van der Waals surface area contributed by atoms with Crippen LogP contribution in [0.2, 0.25) is 10.0 Å². The number of benzene rings is 3. The Kier molecular flexibility index (Phi) is 10.8. The molecule has 224 valence electrons. The summed E-state index contributed by atoms with van der Waals surface area (Å²) in [4.78, 5) is 28.8. The lowest BCUT2D eigenvalue weighted by molar-refractivity contribution is -0.139. The number of hydrogen-bond donors (Lipinski definition) is 1. The molecule has 1 fully saturated rings. The van der Waals surface area contributed by atoms with Crippen molar-refractivity contribution in [3.8, 4) is 5.75 Å². The highest BCUT2D eigenvalue weighted by atomic mass is 35.5. The zero-order valence-electron chi connectivity index (χ0n) is 23.6. The molecule has 1 aliphatic carbocycles. The number of carbonyl (C=O) groups excluding carboxylic acids is 2. The Labute approximate surface area is 257 Å². The molecule has 4 rings (SSSR count). The Hall–Kier alpha value is -3.27. The van der Waals surface area contributed by atoms with E-state index in [9.17, 15) is 18.0 Å². The number of anilines is 1. The van der Waals surface area contributed by atoms with Crippen molar-refractivity contribution in [3.63, 3.8) is 0 Å². The molecule has 42 heavy (non-hydrogen) atoms. The van der Waals surface area contributed by atoms with Gasteiger partial charge >= 0.3 is 0 Å². The minimum absolute atomic E-state index is 0.00432. The number of sulfonamides is 1. The number of halogens is 2. The molecule has 1 aliphatic rings. The first-order valence-electron chi connectivity index (χ1n) is 13.9. The molecule has 1 atom stereocenters. The lowest BCUT2D eigenvalue weighted by Gasteiger charge is -2.33. The Morgan fingerprint density at radius 3 is 2.17 bits per heavy atom. The van der Waals surface area contributed by atoms with E-state index in [0.29, 0.717) is 33.7 Å². The summed E-state index contributed by atoms with van der Waals surface area (Å²) in [5, 5.41) is 3.72. The largest absolute Gasteiger partial charge is 0.494 e. The molecule has 0 radical (unpaired) electrons. The number of para-hydroxylation sites is 1. The van der Waals surface area contributed by atoms with Gasteiger partial charge in [-0.1, -0.05) is 60.3 Å². The van der Waals surface area contributed by atoms with E-state index in [0.717, 1.165) is 30.0 Å². The maximum Gasteiger partial charge on any atom is 0.264 e. The molecule has 3 aromatic carbocycles. The number of nitrogens with zero attached hydrogens (tertiary/aromatic N) is 2. The number of ether oxygens (including phenoxy) is 1. The van der Waals surface area contributed by atoms with Crippen molar-refractivity contribution >= 4 is 50.7 Å². The van der Waals surface area contributed by atoms with Gasteiger partial charge in [0.2, 0.25) is 11.8 Å². The van der Waals surface area contributed by atoms with Crippen molar-refractivity contribution in [3.05, 3.63) is 88.4 Å². The zero-order chi connectivity index (χ0) is 30.3. The van der Waals surface area contributed by atoms with Gasteiger partial charge in [-0.2, -0.15) is 0 Å². The normalized spacial score (nSPS) is 14.3. The molecule has 3 aromatic rings. The Morgan fingerprint density at radius 1 is 0.952 bits per heavy atom. The van der Waals surface area contributed by atoms with Crippen LogP contribution in [0.3, 0.4) is 0 Å². The van der Waals surface area contributed by atoms with Crippen molar-refractivity contribution in [2.75, 3.05) is 17.5 Å². The van der Waals surface area contributed by atoms with E-state index in [2.05, 4.69) is 5.32 Å².